The van der Waals surface area contributed by atoms with E-state index in [-0.39, 0.29) is 0 Å². The Bertz CT molecular complexity index is 193. The molecule has 2 saturated heterocycles. The molecule has 0 aromatic carbocycles. The summed E-state index contributed by atoms with van der Waals surface area (Å²) < 4.78 is 0. The van der Waals surface area contributed by atoms with E-state index in [1.54, 1.807) is 0 Å². The van der Waals surface area contributed by atoms with Gasteiger partial charge in [-0.3, -0.25) is 4.90 Å². The lowest BCUT2D eigenvalue weighted by atomic mass is 9.81. The monoisotopic (exact) mass is 198 g/mol. The molecule has 0 saturated carbocycles. The average molecular weight is 198 g/mol. The SMILES string of the molecule is CC(C)N1CC(O)(C2CCCCN2)C1. The molecule has 3 nitrogen and oxygen atoms in total. The molecule has 2 fully saturated rings. The third-order valence-electron chi connectivity index (χ3n) is 3.64. The van der Waals surface area contributed by atoms with Crippen molar-refractivity contribution in [2.24, 2.45) is 0 Å². The molecule has 1 unspecified atom stereocenters. The highest BCUT2D eigenvalue weighted by Crippen LogP contribution is 2.30. The van der Waals surface area contributed by atoms with Crippen molar-refractivity contribution in [3.05, 3.63) is 0 Å². The van der Waals surface area contributed by atoms with Crippen LogP contribution in [-0.4, -0.2) is 47.3 Å². The van der Waals surface area contributed by atoms with Crippen LogP contribution in [0.15, 0.2) is 0 Å². The first-order valence-corrected chi connectivity index (χ1v) is 5.82. The van der Waals surface area contributed by atoms with Crippen LogP contribution < -0.4 is 5.32 Å². The standard InChI is InChI=1S/C11H22N2O/c1-9(2)13-7-11(14,8-13)10-5-3-4-6-12-10/h9-10,12,14H,3-8H2,1-2H3. The summed E-state index contributed by atoms with van der Waals surface area (Å²) in [5.74, 6) is 0. The normalized spacial score (nSPS) is 33.0. The van der Waals surface area contributed by atoms with Gasteiger partial charge in [0.05, 0.1) is 0 Å². The molecule has 3 heteroatoms. The van der Waals surface area contributed by atoms with Crippen molar-refractivity contribution in [2.75, 3.05) is 19.6 Å². The van der Waals surface area contributed by atoms with E-state index in [4.69, 9.17) is 0 Å². The first kappa shape index (κ1) is 10.4. The van der Waals surface area contributed by atoms with Crippen molar-refractivity contribution in [1.29, 1.82) is 0 Å². The van der Waals surface area contributed by atoms with Crippen molar-refractivity contribution in [2.45, 2.75) is 50.8 Å². The molecule has 1 atom stereocenters. The number of hydrogen-bond donors (Lipinski definition) is 2. The van der Waals surface area contributed by atoms with Gasteiger partial charge in [0.2, 0.25) is 0 Å². The molecular weight excluding hydrogens is 176 g/mol. The zero-order chi connectivity index (χ0) is 10.2. The Morgan fingerprint density at radius 3 is 2.57 bits per heavy atom. The summed E-state index contributed by atoms with van der Waals surface area (Å²) in [5, 5.41) is 13.8. The van der Waals surface area contributed by atoms with Gasteiger partial charge in [0, 0.05) is 25.2 Å². The minimum atomic E-state index is -0.440. The summed E-state index contributed by atoms with van der Waals surface area (Å²) in [6.45, 7) is 7.15. The van der Waals surface area contributed by atoms with Gasteiger partial charge in [0.25, 0.3) is 0 Å². The summed E-state index contributed by atoms with van der Waals surface area (Å²) in [7, 11) is 0. The second-order valence-electron chi connectivity index (χ2n) is 5.10. The molecule has 0 aromatic heterocycles. The molecule has 2 rings (SSSR count). The van der Waals surface area contributed by atoms with Crippen molar-refractivity contribution < 1.29 is 5.11 Å². The maximum Gasteiger partial charge on any atom is 0.105 e. The zero-order valence-electron chi connectivity index (χ0n) is 9.29. The molecule has 14 heavy (non-hydrogen) atoms. The van der Waals surface area contributed by atoms with E-state index in [1.807, 2.05) is 0 Å². The van der Waals surface area contributed by atoms with Gasteiger partial charge in [-0.2, -0.15) is 0 Å². The largest absolute Gasteiger partial charge is 0.386 e. The van der Waals surface area contributed by atoms with Gasteiger partial charge in [-0.05, 0) is 33.2 Å². The number of β-amino-alcohol motifs (C(OH)–C–C–N with tert-alkyl or cyclic N) is 1. The molecule has 2 aliphatic heterocycles. The minimum absolute atomic E-state index is 0.339. The molecule has 2 aliphatic rings. The van der Waals surface area contributed by atoms with E-state index in [0.717, 1.165) is 26.1 Å². The Morgan fingerprint density at radius 2 is 2.07 bits per heavy atom. The van der Waals surface area contributed by atoms with Crippen molar-refractivity contribution in [3.63, 3.8) is 0 Å². The third-order valence-corrected chi connectivity index (χ3v) is 3.64. The second kappa shape index (κ2) is 3.80. The van der Waals surface area contributed by atoms with Crippen molar-refractivity contribution in [3.8, 4) is 0 Å². The number of hydrogen-bond acceptors (Lipinski definition) is 3. The van der Waals surface area contributed by atoms with Crippen LogP contribution in [0, 0.1) is 0 Å². The Kier molecular flexibility index (Phi) is 2.82. The Balaban J connectivity index is 1.86. The first-order chi connectivity index (χ1) is 6.62. The fourth-order valence-corrected chi connectivity index (χ4v) is 2.55. The van der Waals surface area contributed by atoms with Crippen LogP contribution in [0.25, 0.3) is 0 Å². The zero-order valence-corrected chi connectivity index (χ0v) is 9.29. The summed E-state index contributed by atoms with van der Waals surface area (Å²) in [6, 6.07) is 0.908. The number of piperidine rings is 1. The topological polar surface area (TPSA) is 35.5 Å². The fraction of sp³-hybridized carbons (Fsp3) is 1.00. The average Bonchev–Trinajstić information content (AvgIpc) is 2.14. The second-order valence-corrected chi connectivity index (χ2v) is 5.10. The highest BCUT2D eigenvalue weighted by atomic mass is 16.3. The molecule has 0 radical (unpaired) electrons. The van der Waals surface area contributed by atoms with E-state index < -0.39 is 5.60 Å². The Labute approximate surface area is 86.5 Å². The van der Waals surface area contributed by atoms with Gasteiger partial charge >= 0.3 is 0 Å². The Morgan fingerprint density at radius 1 is 1.36 bits per heavy atom. The van der Waals surface area contributed by atoms with Gasteiger partial charge in [-0.15, -0.1) is 0 Å². The Hall–Kier alpha value is -0.120. The molecule has 82 valence electrons. The maximum absolute atomic E-state index is 10.3. The van der Waals surface area contributed by atoms with Crippen molar-refractivity contribution >= 4 is 0 Å². The smallest absolute Gasteiger partial charge is 0.105 e. The van der Waals surface area contributed by atoms with E-state index in [2.05, 4.69) is 24.1 Å². The molecule has 2 heterocycles. The number of likely N-dealkylation sites (tertiary alicyclic amines) is 1. The van der Waals surface area contributed by atoms with E-state index in [0.29, 0.717) is 12.1 Å². The molecular formula is C11H22N2O. The first-order valence-electron chi connectivity index (χ1n) is 5.82. The van der Waals surface area contributed by atoms with Crippen molar-refractivity contribution in [1.82, 2.24) is 10.2 Å². The fourth-order valence-electron chi connectivity index (χ4n) is 2.55. The van der Waals surface area contributed by atoms with E-state index in [9.17, 15) is 5.11 Å². The number of nitrogens with zero attached hydrogens (tertiary/aromatic N) is 1. The predicted octanol–water partition coefficient (Wildman–Crippen LogP) is 0.584. The van der Waals surface area contributed by atoms with Gasteiger partial charge < -0.3 is 10.4 Å². The van der Waals surface area contributed by atoms with Crippen LogP contribution >= 0.6 is 0 Å². The van der Waals surface area contributed by atoms with Crippen LogP contribution in [0.4, 0.5) is 0 Å². The van der Waals surface area contributed by atoms with E-state index in [1.165, 1.54) is 12.8 Å². The molecule has 0 spiro atoms. The van der Waals surface area contributed by atoms with Crippen LogP contribution in [0.3, 0.4) is 0 Å². The lowest BCUT2D eigenvalue weighted by Crippen LogP contribution is -2.72. The molecule has 0 amide bonds. The molecule has 2 N–H and O–H groups in total. The number of rotatable bonds is 2. The minimum Gasteiger partial charge on any atom is -0.386 e. The quantitative estimate of drug-likeness (QED) is 0.681. The summed E-state index contributed by atoms with van der Waals surface area (Å²) >= 11 is 0. The molecule has 0 bridgehead atoms. The van der Waals surface area contributed by atoms with Crippen LogP contribution in [-0.2, 0) is 0 Å². The van der Waals surface area contributed by atoms with Crippen LogP contribution in [0.1, 0.15) is 33.1 Å². The third kappa shape index (κ3) is 1.81. The van der Waals surface area contributed by atoms with E-state index >= 15 is 0 Å². The van der Waals surface area contributed by atoms with Gasteiger partial charge in [0.1, 0.15) is 5.60 Å². The summed E-state index contributed by atoms with van der Waals surface area (Å²) in [6.07, 6.45) is 3.67. The van der Waals surface area contributed by atoms with Gasteiger partial charge in [-0.25, -0.2) is 0 Å². The van der Waals surface area contributed by atoms with Crippen LogP contribution in [0.5, 0.6) is 0 Å². The number of aliphatic hydroxyl groups is 1. The molecule has 0 aromatic rings. The van der Waals surface area contributed by atoms with Crippen LogP contribution in [0.2, 0.25) is 0 Å². The highest BCUT2D eigenvalue weighted by molar-refractivity contribution is 5.05. The number of nitrogens with one attached hydrogen (secondary N) is 1. The van der Waals surface area contributed by atoms with Gasteiger partial charge in [0.15, 0.2) is 0 Å². The predicted molar refractivity (Wildman–Crippen MR) is 57.3 cm³/mol. The molecule has 0 aliphatic carbocycles. The lowest BCUT2D eigenvalue weighted by molar-refractivity contribution is -0.135. The summed E-state index contributed by atoms with van der Waals surface area (Å²) in [5.41, 5.74) is -0.440. The lowest BCUT2D eigenvalue weighted by Gasteiger charge is -2.53. The summed E-state index contributed by atoms with van der Waals surface area (Å²) in [4.78, 5) is 2.33. The maximum atomic E-state index is 10.3. The van der Waals surface area contributed by atoms with Gasteiger partial charge in [-0.1, -0.05) is 6.42 Å². The highest BCUT2D eigenvalue weighted by Gasteiger charge is 2.47.